The molecule has 0 saturated heterocycles. The van der Waals surface area contributed by atoms with Crippen LogP contribution in [0.15, 0.2) is 64.3 Å². The van der Waals surface area contributed by atoms with Crippen molar-refractivity contribution in [2.75, 3.05) is 6.26 Å². The average molecular weight is 286 g/mol. The maximum Gasteiger partial charge on any atom is 0.175 e. The SMILES string of the molecule is CS(=O)(=O)c1ccc(C2=CC=CC3=NC(N)=CC23)cc1. The largest absolute Gasteiger partial charge is 0.384 e. The highest BCUT2D eigenvalue weighted by atomic mass is 32.2. The van der Waals surface area contributed by atoms with Crippen molar-refractivity contribution >= 4 is 21.1 Å². The normalized spacial score (nSPS) is 21.1. The number of aliphatic imine (C=N–C) groups is 1. The maximum atomic E-state index is 11.5. The van der Waals surface area contributed by atoms with Crippen LogP contribution in [-0.4, -0.2) is 20.4 Å². The summed E-state index contributed by atoms with van der Waals surface area (Å²) in [6.45, 7) is 0. The van der Waals surface area contributed by atoms with E-state index >= 15 is 0 Å². The summed E-state index contributed by atoms with van der Waals surface area (Å²) >= 11 is 0. The first-order valence-electron chi connectivity index (χ1n) is 6.20. The van der Waals surface area contributed by atoms with E-state index in [0.717, 1.165) is 16.8 Å². The van der Waals surface area contributed by atoms with Crippen LogP contribution in [0.4, 0.5) is 0 Å². The molecule has 2 N–H and O–H groups in total. The topological polar surface area (TPSA) is 72.5 Å². The highest BCUT2D eigenvalue weighted by Gasteiger charge is 2.25. The van der Waals surface area contributed by atoms with Crippen molar-refractivity contribution in [2.24, 2.45) is 16.6 Å². The van der Waals surface area contributed by atoms with Crippen molar-refractivity contribution in [1.82, 2.24) is 0 Å². The fourth-order valence-electron chi connectivity index (χ4n) is 2.43. The van der Waals surface area contributed by atoms with E-state index < -0.39 is 9.84 Å². The molecule has 0 fully saturated rings. The number of hydrogen-bond acceptors (Lipinski definition) is 4. The van der Waals surface area contributed by atoms with Crippen molar-refractivity contribution < 1.29 is 8.42 Å². The summed E-state index contributed by atoms with van der Waals surface area (Å²) in [6.07, 6.45) is 9.00. The molecule has 102 valence electrons. The van der Waals surface area contributed by atoms with Gasteiger partial charge in [0.05, 0.1) is 10.6 Å². The quantitative estimate of drug-likeness (QED) is 0.902. The van der Waals surface area contributed by atoms with Crippen LogP contribution in [-0.2, 0) is 9.84 Å². The number of fused-ring (bicyclic) bond motifs is 1. The molecular weight excluding hydrogens is 272 g/mol. The average Bonchev–Trinajstić information content (AvgIpc) is 2.78. The van der Waals surface area contributed by atoms with E-state index in [-0.39, 0.29) is 5.92 Å². The number of allylic oxidation sites excluding steroid dienone is 5. The van der Waals surface area contributed by atoms with Gasteiger partial charge in [-0.05, 0) is 35.4 Å². The summed E-state index contributed by atoms with van der Waals surface area (Å²) in [7, 11) is -3.17. The summed E-state index contributed by atoms with van der Waals surface area (Å²) in [4.78, 5) is 4.60. The number of sulfone groups is 1. The molecule has 1 aromatic carbocycles. The number of rotatable bonds is 2. The van der Waals surface area contributed by atoms with Crippen molar-refractivity contribution in [3.05, 3.63) is 60.0 Å². The Bertz CT molecular complexity index is 782. The van der Waals surface area contributed by atoms with Gasteiger partial charge in [-0.25, -0.2) is 13.4 Å². The van der Waals surface area contributed by atoms with Gasteiger partial charge in [0, 0.05) is 12.2 Å². The second-order valence-electron chi connectivity index (χ2n) is 4.88. The van der Waals surface area contributed by atoms with Gasteiger partial charge in [0.25, 0.3) is 0 Å². The Kier molecular flexibility index (Phi) is 2.87. The Morgan fingerprint density at radius 1 is 1.20 bits per heavy atom. The molecule has 0 aromatic heterocycles. The van der Waals surface area contributed by atoms with Crippen molar-refractivity contribution in [2.45, 2.75) is 4.90 Å². The molecule has 3 rings (SSSR count). The predicted octanol–water partition coefficient (Wildman–Crippen LogP) is 1.91. The zero-order valence-electron chi connectivity index (χ0n) is 10.9. The molecule has 0 radical (unpaired) electrons. The van der Waals surface area contributed by atoms with E-state index in [1.807, 2.05) is 36.4 Å². The van der Waals surface area contributed by atoms with Gasteiger partial charge < -0.3 is 5.73 Å². The van der Waals surface area contributed by atoms with E-state index in [9.17, 15) is 8.42 Å². The van der Waals surface area contributed by atoms with Crippen molar-refractivity contribution in [3.8, 4) is 0 Å². The lowest BCUT2D eigenvalue weighted by Crippen LogP contribution is -2.11. The highest BCUT2D eigenvalue weighted by molar-refractivity contribution is 7.90. The fraction of sp³-hybridized carbons (Fsp3) is 0.133. The van der Waals surface area contributed by atoms with Crippen LogP contribution in [0.3, 0.4) is 0 Å². The zero-order valence-corrected chi connectivity index (χ0v) is 11.8. The number of nitrogens with two attached hydrogens (primary N) is 1. The molecule has 0 bridgehead atoms. The Labute approximate surface area is 117 Å². The molecule has 1 atom stereocenters. The van der Waals surface area contributed by atoms with Crippen molar-refractivity contribution in [3.63, 3.8) is 0 Å². The lowest BCUT2D eigenvalue weighted by Gasteiger charge is -2.17. The number of hydrogen-bond donors (Lipinski definition) is 1. The third-order valence-corrected chi connectivity index (χ3v) is 4.54. The van der Waals surface area contributed by atoms with Crippen LogP contribution in [0.1, 0.15) is 5.56 Å². The van der Waals surface area contributed by atoms with Crippen molar-refractivity contribution in [1.29, 1.82) is 0 Å². The predicted molar refractivity (Wildman–Crippen MR) is 79.9 cm³/mol. The summed E-state index contributed by atoms with van der Waals surface area (Å²) < 4.78 is 23.0. The van der Waals surface area contributed by atoms with Gasteiger partial charge >= 0.3 is 0 Å². The first-order valence-corrected chi connectivity index (χ1v) is 8.09. The molecular formula is C15H14N2O2S. The van der Waals surface area contributed by atoms with E-state index in [2.05, 4.69) is 4.99 Å². The minimum absolute atomic E-state index is 0.0593. The molecule has 1 aromatic rings. The molecule has 1 unspecified atom stereocenters. The zero-order chi connectivity index (χ0) is 14.3. The van der Waals surface area contributed by atoms with Crippen LogP contribution in [0.2, 0.25) is 0 Å². The summed E-state index contributed by atoms with van der Waals surface area (Å²) in [5.41, 5.74) is 8.73. The van der Waals surface area contributed by atoms with Gasteiger partial charge in [0.1, 0.15) is 5.82 Å². The second-order valence-corrected chi connectivity index (χ2v) is 6.90. The molecule has 4 nitrogen and oxygen atoms in total. The Morgan fingerprint density at radius 2 is 1.90 bits per heavy atom. The molecule has 20 heavy (non-hydrogen) atoms. The van der Waals surface area contributed by atoms with Gasteiger partial charge in [0.15, 0.2) is 9.84 Å². The Morgan fingerprint density at radius 3 is 2.55 bits per heavy atom. The van der Waals surface area contributed by atoms with Crippen LogP contribution < -0.4 is 5.73 Å². The van der Waals surface area contributed by atoms with Gasteiger partial charge in [-0.3, -0.25) is 0 Å². The minimum atomic E-state index is -3.17. The van der Waals surface area contributed by atoms with E-state index in [0.29, 0.717) is 10.7 Å². The fourth-order valence-corrected chi connectivity index (χ4v) is 3.06. The van der Waals surface area contributed by atoms with Crippen LogP contribution in [0, 0.1) is 5.92 Å². The minimum Gasteiger partial charge on any atom is -0.384 e. The van der Waals surface area contributed by atoms with Gasteiger partial charge in [-0.1, -0.05) is 24.3 Å². The van der Waals surface area contributed by atoms with E-state index in [1.165, 1.54) is 6.26 Å². The second kappa shape index (κ2) is 4.45. The highest BCUT2D eigenvalue weighted by Crippen LogP contribution is 2.33. The summed E-state index contributed by atoms with van der Waals surface area (Å²) in [6, 6.07) is 6.90. The first-order chi connectivity index (χ1) is 9.45. The van der Waals surface area contributed by atoms with Gasteiger partial charge in [0.2, 0.25) is 0 Å². The smallest absolute Gasteiger partial charge is 0.175 e. The molecule has 5 heteroatoms. The number of benzene rings is 1. The molecule has 1 heterocycles. The standard InChI is InChI=1S/C15H14N2O2S/c1-20(18,19)11-7-5-10(6-8-11)12-3-2-4-14-13(12)9-15(16)17-14/h2-9,13H,16H2,1H3. The third-order valence-electron chi connectivity index (χ3n) is 3.41. The maximum absolute atomic E-state index is 11.5. The lowest BCUT2D eigenvalue weighted by atomic mass is 9.86. The third kappa shape index (κ3) is 2.20. The molecule has 2 aliphatic rings. The summed E-state index contributed by atoms with van der Waals surface area (Å²) in [5.74, 6) is 0.583. The van der Waals surface area contributed by atoms with Gasteiger partial charge in [-0.15, -0.1) is 0 Å². The van der Waals surface area contributed by atoms with E-state index in [1.54, 1.807) is 12.1 Å². The molecule has 0 amide bonds. The Hall–Kier alpha value is -2.14. The first kappa shape index (κ1) is 12.9. The summed E-state index contributed by atoms with van der Waals surface area (Å²) in [5, 5.41) is 0. The van der Waals surface area contributed by atoms with Crippen LogP contribution in [0.25, 0.3) is 5.57 Å². The lowest BCUT2D eigenvalue weighted by molar-refractivity contribution is 0.602. The molecule has 0 saturated carbocycles. The number of nitrogens with zero attached hydrogens (tertiary/aromatic N) is 1. The van der Waals surface area contributed by atoms with Crippen LogP contribution >= 0.6 is 0 Å². The van der Waals surface area contributed by atoms with E-state index in [4.69, 9.17) is 5.73 Å². The van der Waals surface area contributed by atoms with Gasteiger partial charge in [-0.2, -0.15) is 0 Å². The monoisotopic (exact) mass is 286 g/mol. The molecule has 1 aliphatic heterocycles. The van der Waals surface area contributed by atoms with Crippen LogP contribution in [0.5, 0.6) is 0 Å². The molecule has 0 spiro atoms. The Balaban J connectivity index is 2.00. The molecule has 1 aliphatic carbocycles.